The number of amides is 1. The summed E-state index contributed by atoms with van der Waals surface area (Å²) in [7, 11) is 1.27. The first-order chi connectivity index (χ1) is 15.9. The number of fused-ring (bicyclic) bond motifs is 3. The first-order valence-corrected chi connectivity index (χ1v) is 10.2. The Bertz CT molecular complexity index is 1200. The zero-order valence-corrected chi connectivity index (χ0v) is 17.7. The molecule has 4 rings (SSSR count). The molecule has 7 heteroatoms. The average molecular weight is 451 g/mol. The number of nitrogens with one attached hydrogen (secondary N) is 1. The van der Waals surface area contributed by atoms with Gasteiger partial charge in [0.2, 0.25) is 0 Å². The average Bonchev–Trinajstić information content (AvgIpc) is 3.13. The number of carbonyl (C=O) groups is 1. The highest BCUT2D eigenvalue weighted by Crippen LogP contribution is 2.44. The van der Waals surface area contributed by atoms with Crippen molar-refractivity contribution in [3.8, 4) is 28.7 Å². The molecule has 33 heavy (non-hydrogen) atoms. The van der Waals surface area contributed by atoms with E-state index in [0.29, 0.717) is 5.56 Å². The predicted octanol–water partition coefficient (Wildman–Crippen LogP) is 5.60. The van der Waals surface area contributed by atoms with Crippen LogP contribution in [0.3, 0.4) is 0 Å². The SMILES string of the molecule is COc1cc(C(F)(F)F)ccc1C#CCNC(=O)OCC1c2ccccc2-c2ccccc21. The number of alkyl halides is 3. The maximum absolute atomic E-state index is 12.8. The second kappa shape index (κ2) is 9.29. The number of methoxy groups -OCH3 is 1. The van der Waals surface area contributed by atoms with Gasteiger partial charge in [-0.1, -0.05) is 60.4 Å². The number of rotatable bonds is 4. The smallest absolute Gasteiger partial charge is 0.416 e. The molecule has 1 amide bonds. The van der Waals surface area contributed by atoms with Crippen LogP contribution in [0.4, 0.5) is 18.0 Å². The second-order valence-electron chi connectivity index (χ2n) is 7.39. The Balaban J connectivity index is 1.35. The van der Waals surface area contributed by atoms with E-state index in [9.17, 15) is 18.0 Å². The van der Waals surface area contributed by atoms with Crippen molar-refractivity contribution in [3.05, 3.63) is 89.0 Å². The molecule has 0 aliphatic heterocycles. The minimum absolute atomic E-state index is 0.0125. The molecular weight excluding hydrogens is 431 g/mol. The monoisotopic (exact) mass is 451 g/mol. The number of hydrogen-bond donors (Lipinski definition) is 1. The van der Waals surface area contributed by atoms with Crippen molar-refractivity contribution in [3.63, 3.8) is 0 Å². The lowest BCUT2D eigenvalue weighted by atomic mass is 9.98. The first-order valence-electron chi connectivity index (χ1n) is 10.2. The lowest BCUT2D eigenvalue weighted by Gasteiger charge is -2.14. The molecule has 1 N–H and O–H groups in total. The van der Waals surface area contributed by atoms with Gasteiger partial charge in [0.25, 0.3) is 0 Å². The molecule has 4 nitrogen and oxygen atoms in total. The lowest BCUT2D eigenvalue weighted by molar-refractivity contribution is -0.137. The van der Waals surface area contributed by atoms with Crippen molar-refractivity contribution in [2.45, 2.75) is 12.1 Å². The van der Waals surface area contributed by atoms with Crippen LogP contribution >= 0.6 is 0 Å². The van der Waals surface area contributed by atoms with Crippen LogP contribution in [0.25, 0.3) is 11.1 Å². The molecule has 1 aliphatic rings. The second-order valence-corrected chi connectivity index (χ2v) is 7.39. The van der Waals surface area contributed by atoms with Crippen LogP contribution in [0.1, 0.15) is 28.2 Å². The highest BCUT2D eigenvalue weighted by atomic mass is 19.4. The highest BCUT2D eigenvalue weighted by Gasteiger charge is 2.31. The van der Waals surface area contributed by atoms with E-state index in [-0.39, 0.29) is 24.8 Å². The van der Waals surface area contributed by atoms with E-state index >= 15 is 0 Å². The number of carbonyl (C=O) groups excluding carboxylic acids is 1. The molecule has 0 fully saturated rings. The first kappa shape index (κ1) is 22.3. The van der Waals surface area contributed by atoms with Gasteiger partial charge in [0.05, 0.1) is 24.8 Å². The Hall–Kier alpha value is -3.92. The molecule has 0 aromatic heterocycles. The van der Waals surface area contributed by atoms with Crippen LogP contribution in [0.2, 0.25) is 0 Å². The number of benzene rings is 3. The van der Waals surface area contributed by atoms with Gasteiger partial charge in [-0.05, 0) is 40.5 Å². The molecule has 3 aromatic rings. The molecule has 3 aromatic carbocycles. The van der Waals surface area contributed by atoms with E-state index in [1.165, 1.54) is 13.2 Å². The van der Waals surface area contributed by atoms with Crippen LogP contribution in [-0.2, 0) is 10.9 Å². The van der Waals surface area contributed by atoms with Crippen molar-refractivity contribution in [1.29, 1.82) is 0 Å². The van der Waals surface area contributed by atoms with E-state index in [0.717, 1.165) is 34.4 Å². The van der Waals surface area contributed by atoms with Gasteiger partial charge in [-0.25, -0.2) is 4.79 Å². The molecule has 0 saturated heterocycles. The molecule has 0 radical (unpaired) electrons. The summed E-state index contributed by atoms with van der Waals surface area (Å²) >= 11 is 0. The normalized spacial score (nSPS) is 12.2. The fourth-order valence-corrected chi connectivity index (χ4v) is 3.88. The predicted molar refractivity (Wildman–Crippen MR) is 118 cm³/mol. The van der Waals surface area contributed by atoms with Gasteiger partial charge in [-0.3, -0.25) is 0 Å². The van der Waals surface area contributed by atoms with Gasteiger partial charge in [0.15, 0.2) is 0 Å². The molecule has 0 atom stereocenters. The van der Waals surface area contributed by atoms with Crippen molar-refractivity contribution in [2.75, 3.05) is 20.3 Å². The summed E-state index contributed by atoms with van der Waals surface area (Å²) in [5.74, 6) is 5.37. The Morgan fingerprint density at radius 3 is 2.24 bits per heavy atom. The summed E-state index contributed by atoms with van der Waals surface area (Å²) in [6.07, 6.45) is -5.09. The van der Waals surface area contributed by atoms with Gasteiger partial charge < -0.3 is 14.8 Å². The summed E-state index contributed by atoms with van der Waals surface area (Å²) < 4.78 is 48.9. The van der Waals surface area contributed by atoms with Gasteiger partial charge in [0.1, 0.15) is 12.4 Å². The summed E-state index contributed by atoms with van der Waals surface area (Å²) in [5.41, 5.74) is 3.97. The van der Waals surface area contributed by atoms with Crippen LogP contribution in [-0.4, -0.2) is 26.4 Å². The number of alkyl carbamates (subject to hydrolysis) is 1. The fourth-order valence-electron chi connectivity index (χ4n) is 3.88. The minimum atomic E-state index is -4.47. The molecular formula is C26H20F3NO3. The maximum Gasteiger partial charge on any atom is 0.416 e. The Labute approximate surface area is 189 Å². The van der Waals surface area contributed by atoms with E-state index in [2.05, 4.69) is 29.3 Å². The zero-order chi connectivity index (χ0) is 23.4. The maximum atomic E-state index is 12.8. The third-order valence-corrected chi connectivity index (χ3v) is 5.42. The van der Waals surface area contributed by atoms with Crippen molar-refractivity contribution in [2.24, 2.45) is 0 Å². The Morgan fingerprint density at radius 2 is 1.64 bits per heavy atom. The van der Waals surface area contributed by atoms with Crippen LogP contribution < -0.4 is 10.1 Å². The van der Waals surface area contributed by atoms with Crippen molar-refractivity contribution in [1.82, 2.24) is 5.32 Å². The zero-order valence-electron chi connectivity index (χ0n) is 17.7. The molecule has 168 valence electrons. The summed E-state index contributed by atoms with van der Waals surface area (Å²) in [5, 5.41) is 2.54. The number of ether oxygens (including phenoxy) is 2. The van der Waals surface area contributed by atoms with E-state index in [1.807, 2.05) is 36.4 Å². The molecule has 1 aliphatic carbocycles. The van der Waals surface area contributed by atoms with E-state index < -0.39 is 17.8 Å². The third-order valence-electron chi connectivity index (χ3n) is 5.42. The van der Waals surface area contributed by atoms with Crippen LogP contribution in [0.5, 0.6) is 5.75 Å². The third kappa shape index (κ3) is 4.80. The van der Waals surface area contributed by atoms with E-state index in [4.69, 9.17) is 9.47 Å². The van der Waals surface area contributed by atoms with E-state index in [1.54, 1.807) is 0 Å². The largest absolute Gasteiger partial charge is 0.495 e. The van der Waals surface area contributed by atoms with Gasteiger partial charge in [-0.2, -0.15) is 13.2 Å². The van der Waals surface area contributed by atoms with Crippen molar-refractivity contribution >= 4 is 6.09 Å². The quantitative estimate of drug-likeness (QED) is 0.525. The fraction of sp³-hybridized carbons (Fsp3) is 0.192. The van der Waals surface area contributed by atoms with Gasteiger partial charge in [-0.15, -0.1) is 0 Å². The Kier molecular flexibility index (Phi) is 6.27. The minimum Gasteiger partial charge on any atom is -0.495 e. The van der Waals surface area contributed by atoms with Crippen LogP contribution in [0.15, 0.2) is 66.7 Å². The Morgan fingerprint density at radius 1 is 1.00 bits per heavy atom. The summed E-state index contributed by atoms with van der Waals surface area (Å²) in [4.78, 5) is 12.2. The topological polar surface area (TPSA) is 47.6 Å². The number of halogens is 3. The number of hydrogen-bond acceptors (Lipinski definition) is 3. The van der Waals surface area contributed by atoms with Gasteiger partial charge in [0, 0.05) is 5.92 Å². The van der Waals surface area contributed by atoms with Crippen LogP contribution in [0, 0.1) is 11.8 Å². The standard InChI is InChI=1S/C26H20F3NO3/c1-32-24-15-18(26(27,28)29)13-12-17(24)7-6-14-30-25(31)33-16-23-21-10-4-2-8-19(21)20-9-3-5-11-22(20)23/h2-5,8-13,15,23H,14,16H2,1H3,(H,30,31). The molecule has 0 bridgehead atoms. The molecule has 0 unspecified atom stereocenters. The summed E-state index contributed by atoms with van der Waals surface area (Å²) in [6.45, 7) is 0.154. The van der Waals surface area contributed by atoms with Crippen molar-refractivity contribution < 1.29 is 27.4 Å². The molecule has 0 heterocycles. The molecule has 0 saturated carbocycles. The molecule has 0 spiro atoms. The highest BCUT2D eigenvalue weighted by molar-refractivity contribution is 5.79. The lowest BCUT2D eigenvalue weighted by Crippen LogP contribution is -2.26. The summed E-state index contributed by atoms with van der Waals surface area (Å²) in [6, 6.07) is 19.1. The van der Waals surface area contributed by atoms with Gasteiger partial charge >= 0.3 is 12.3 Å².